The Bertz CT molecular complexity index is 789. The molecule has 0 radical (unpaired) electrons. The average Bonchev–Trinajstić information content (AvgIpc) is 2.89. The number of hydrogen-bond acceptors (Lipinski definition) is 4. The van der Waals surface area contributed by atoms with Gasteiger partial charge >= 0.3 is 0 Å². The highest BCUT2D eigenvalue weighted by molar-refractivity contribution is 5.77. The molecule has 3 heterocycles. The van der Waals surface area contributed by atoms with Gasteiger partial charge in [0.05, 0.1) is 17.3 Å². The quantitative estimate of drug-likeness (QED) is 0.744. The molecule has 21 heavy (non-hydrogen) atoms. The van der Waals surface area contributed by atoms with Crippen molar-refractivity contribution in [2.75, 3.05) is 0 Å². The Morgan fingerprint density at radius 2 is 2.14 bits per heavy atom. The summed E-state index contributed by atoms with van der Waals surface area (Å²) in [5, 5.41) is 7.90. The highest BCUT2D eigenvalue weighted by Gasteiger charge is 2.29. The molecule has 0 atom stereocenters. The average molecular weight is 280 g/mol. The summed E-state index contributed by atoms with van der Waals surface area (Å²) in [5.74, 6) is 1.71. The highest BCUT2D eigenvalue weighted by atomic mass is 16.5. The van der Waals surface area contributed by atoms with Crippen LogP contribution in [0.3, 0.4) is 0 Å². The van der Waals surface area contributed by atoms with Crippen LogP contribution in [-0.2, 0) is 6.42 Å². The first kappa shape index (κ1) is 12.3. The van der Waals surface area contributed by atoms with Crippen molar-refractivity contribution >= 4 is 11.2 Å². The third-order valence-corrected chi connectivity index (χ3v) is 3.90. The Kier molecular flexibility index (Phi) is 2.51. The lowest BCUT2D eigenvalue weighted by Gasteiger charge is -2.33. The number of aryl methyl sites for hydroxylation is 1. The molecule has 3 aromatic rings. The number of nitrogens with zero attached hydrogens (tertiary/aromatic N) is 3. The maximum atomic E-state index is 6.20. The summed E-state index contributed by atoms with van der Waals surface area (Å²) in [6.45, 7) is 4.24. The molecule has 0 spiro atoms. The molecule has 0 unspecified atom stereocenters. The lowest BCUT2D eigenvalue weighted by molar-refractivity contribution is 0.0854. The van der Waals surface area contributed by atoms with E-state index >= 15 is 0 Å². The molecule has 0 aliphatic carbocycles. The van der Waals surface area contributed by atoms with Gasteiger partial charge in [0.25, 0.3) is 0 Å². The Morgan fingerprint density at radius 1 is 1.24 bits per heavy atom. The molecule has 1 aliphatic heterocycles. The van der Waals surface area contributed by atoms with Crippen LogP contribution in [-0.4, -0.2) is 25.8 Å². The van der Waals surface area contributed by atoms with E-state index < -0.39 is 0 Å². The summed E-state index contributed by atoms with van der Waals surface area (Å²) >= 11 is 0. The second kappa shape index (κ2) is 4.28. The van der Waals surface area contributed by atoms with Gasteiger partial charge in [0.15, 0.2) is 5.65 Å². The lowest BCUT2D eigenvalue weighted by Crippen LogP contribution is -2.32. The first-order chi connectivity index (χ1) is 10.1. The van der Waals surface area contributed by atoms with Crippen LogP contribution in [0, 0.1) is 0 Å². The maximum absolute atomic E-state index is 6.20. The van der Waals surface area contributed by atoms with Gasteiger partial charge in [-0.15, -0.1) is 5.10 Å². The molecule has 1 aromatic carbocycles. The Labute approximate surface area is 122 Å². The van der Waals surface area contributed by atoms with Crippen LogP contribution in [0.1, 0.15) is 25.8 Å². The van der Waals surface area contributed by atoms with Gasteiger partial charge in [0.2, 0.25) is 0 Å². The van der Waals surface area contributed by atoms with Gasteiger partial charge in [-0.3, -0.25) is 0 Å². The molecule has 5 nitrogen and oxygen atoms in total. The van der Waals surface area contributed by atoms with Gasteiger partial charge in [-0.25, -0.2) is 4.98 Å². The van der Waals surface area contributed by atoms with Crippen molar-refractivity contribution in [3.63, 3.8) is 0 Å². The second-order valence-corrected chi connectivity index (χ2v) is 6.01. The molecule has 4 rings (SSSR count). The number of nitrogens with one attached hydrogen (secondary N) is 1. The van der Waals surface area contributed by atoms with Crippen molar-refractivity contribution in [3.8, 4) is 17.1 Å². The third kappa shape index (κ3) is 2.05. The molecular formula is C16H16N4O. The van der Waals surface area contributed by atoms with Gasteiger partial charge < -0.3 is 9.72 Å². The Balaban J connectivity index is 1.89. The van der Waals surface area contributed by atoms with Crippen LogP contribution >= 0.6 is 0 Å². The van der Waals surface area contributed by atoms with Crippen LogP contribution in [0.25, 0.3) is 22.6 Å². The number of aromatic amines is 1. The summed E-state index contributed by atoms with van der Waals surface area (Å²) < 4.78 is 6.20. The monoisotopic (exact) mass is 280 g/mol. The van der Waals surface area contributed by atoms with Gasteiger partial charge in [-0.1, -0.05) is 12.1 Å². The van der Waals surface area contributed by atoms with E-state index in [2.05, 4.69) is 46.1 Å². The van der Waals surface area contributed by atoms with Gasteiger partial charge in [0, 0.05) is 0 Å². The van der Waals surface area contributed by atoms with E-state index in [9.17, 15) is 0 Å². The lowest BCUT2D eigenvalue weighted by atomic mass is 9.92. The van der Waals surface area contributed by atoms with Crippen molar-refractivity contribution < 1.29 is 4.74 Å². The summed E-state index contributed by atoms with van der Waals surface area (Å²) in [4.78, 5) is 7.83. The SMILES string of the molecule is CC1(C)CCc2cccc(-c3nc4nnccc4[nH]3)c2O1. The van der Waals surface area contributed by atoms with Crippen molar-refractivity contribution in [3.05, 3.63) is 36.0 Å². The van der Waals surface area contributed by atoms with Crippen molar-refractivity contribution in [2.45, 2.75) is 32.3 Å². The zero-order valence-corrected chi connectivity index (χ0v) is 12.1. The van der Waals surface area contributed by atoms with Gasteiger partial charge in [-0.2, -0.15) is 5.10 Å². The molecule has 1 aliphatic rings. The minimum atomic E-state index is -0.144. The van der Waals surface area contributed by atoms with E-state index in [-0.39, 0.29) is 5.60 Å². The molecule has 0 bridgehead atoms. The van der Waals surface area contributed by atoms with E-state index in [0.29, 0.717) is 5.65 Å². The number of ether oxygens (including phenoxy) is 1. The number of hydrogen-bond donors (Lipinski definition) is 1. The normalized spacial score (nSPS) is 16.5. The summed E-state index contributed by atoms with van der Waals surface area (Å²) in [6, 6.07) is 8.08. The van der Waals surface area contributed by atoms with Crippen LogP contribution < -0.4 is 4.74 Å². The molecular weight excluding hydrogens is 264 g/mol. The van der Waals surface area contributed by atoms with Crippen LogP contribution in [0.2, 0.25) is 0 Å². The summed E-state index contributed by atoms with van der Waals surface area (Å²) in [5.41, 5.74) is 3.58. The van der Waals surface area contributed by atoms with Crippen molar-refractivity contribution in [1.29, 1.82) is 0 Å². The number of benzene rings is 1. The number of rotatable bonds is 1. The summed E-state index contributed by atoms with van der Waals surface area (Å²) in [6.07, 6.45) is 3.70. The molecule has 0 fully saturated rings. The van der Waals surface area contributed by atoms with E-state index in [1.165, 1.54) is 5.56 Å². The second-order valence-electron chi connectivity index (χ2n) is 6.01. The van der Waals surface area contributed by atoms with E-state index in [1.807, 2.05) is 12.1 Å². The fourth-order valence-corrected chi connectivity index (χ4v) is 2.75. The molecule has 0 saturated heterocycles. The highest BCUT2D eigenvalue weighted by Crippen LogP contribution is 2.39. The van der Waals surface area contributed by atoms with Crippen LogP contribution in [0.4, 0.5) is 0 Å². The first-order valence-corrected chi connectivity index (χ1v) is 7.11. The Morgan fingerprint density at radius 3 is 3.00 bits per heavy atom. The Hall–Kier alpha value is -2.43. The van der Waals surface area contributed by atoms with Gasteiger partial charge in [-0.05, 0) is 44.4 Å². The van der Waals surface area contributed by atoms with Crippen LogP contribution in [0.15, 0.2) is 30.5 Å². The minimum Gasteiger partial charge on any atom is -0.487 e. The predicted molar refractivity (Wildman–Crippen MR) is 80.1 cm³/mol. The fourth-order valence-electron chi connectivity index (χ4n) is 2.75. The number of imidazole rings is 1. The van der Waals surface area contributed by atoms with Gasteiger partial charge in [0.1, 0.15) is 17.2 Å². The predicted octanol–water partition coefficient (Wildman–Crippen LogP) is 3.12. The van der Waals surface area contributed by atoms with Crippen molar-refractivity contribution in [1.82, 2.24) is 20.2 Å². The van der Waals surface area contributed by atoms with E-state index in [4.69, 9.17) is 4.74 Å². The number of fused-ring (bicyclic) bond motifs is 2. The first-order valence-electron chi connectivity index (χ1n) is 7.11. The van der Waals surface area contributed by atoms with E-state index in [1.54, 1.807) is 6.20 Å². The number of para-hydroxylation sites is 1. The molecule has 5 heteroatoms. The zero-order chi connectivity index (χ0) is 14.4. The van der Waals surface area contributed by atoms with Crippen LogP contribution in [0.5, 0.6) is 5.75 Å². The molecule has 1 N–H and O–H groups in total. The molecule has 106 valence electrons. The molecule has 2 aromatic heterocycles. The topological polar surface area (TPSA) is 63.7 Å². The zero-order valence-electron chi connectivity index (χ0n) is 12.1. The standard InChI is InChI=1S/C16H16N4O/c1-16(2)8-6-10-4-3-5-11(13(10)21-16)14-18-12-7-9-17-20-15(12)19-14/h3-5,7,9H,6,8H2,1-2H3,(H,18,19,20). The minimum absolute atomic E-state index is 0.144. The van der Waals surface area contributed by atoms with E-state index in [0.717, 1.165) is 35.5 Å². The third-order valence-electron chi connectivity index (χ3n) is 3.90. The number of aromatic nitrogens is 4. The van der Waals surface area contributed by atoms with Crippen molar-refractivity contribution in [2.24, 2.45) is 0 Å². The number of H-pyrrole nitrogens is 1. The fraction of sp³-hybridized carbons (Fsp3) is 0.312. The smallest absolute Gasteiger partial charge is 0.200 e. The largest absolute Gasteiger partial charge is 0.487 e. The molecule has 0 amide bonds. The molecule has 0 saturated carbocycles. The maximum Gasteiger partial charge on any atom is 0.200 e. The summed E-state index contributed by atoms with van der Waals surface area (Å²) in [7, 11) is 0.